The number of thiophene rings is 1. The maximum atomic E-state index is 9.10. The molecule has 0 amide bonds. The highest BCUT2D eigenvalue weighted by Crippen LogP contribution is 2.31. The highest BCUT2D eigenvalue weighted by atomic mass is 127. The monoisotopic (exact) mass is 382 g/mol. The van der Waals surface area contributed by atoms with Crippen LogP contribution in [0.5, 0.6) is 0 Å². The molecular formula is C8H5BBrIO2S. The van der Waals surface area contributed by atoms with Crippen molar-refractivity contribution in [2.45, 2.75) is 0 Å². The van der Waals surface area contributed by atoms with Gasteiger partial charge in [-0.05, 0) is 55.4 Å². The molecule has 0 aliphatic carbocycles. The third-order valence-electron chi connectivity index (χ3n) is 1.90. The third-order valence-corrected chi connectivity index (χ3v) is 4.95. The first kappa shape index (κ1) is 10.9. The molecule has 6 heteroatoms. The molecule has 0 atom stereocenters. The molecule has 14 heavy (non-hydrogen) atoms. The molecule has 0 radical (unpaired) electrons. The molecule has 0 bridgehead atoms. The lowest BCUT2D eigenvalue weighted by molar-refractivity contribution is 0.425. The van der Waals surface area contributed by atoms with Crippen LogP contribution in [0.3, 0.4) is 0 Å². The van der Waals surface area contributed by atoms with Gasteiger partial charge in [-0.25, -0.2) is 0 Å². The van der Waals surface area contributed by atoms with E-state index in [-0.39, 0.29) is 0 Å². The standard InChI is InChI=1S/C8H5BBrIO2S/c10-7-5(9(12)13)2-1-4-3-6(11)14-8(4)7/h1-3,12-13H. The predicted octanol–water partition coefficient (Wildman–Crippen LogP) is 1.95. The first-order valence-electron chi connectivity index (χ1n) is 3.83. The minimum Gasteiger partial charge on any atom is -0.423 e. The predicted molar refractivity (Wildman–Crippen MR) is 72.1 cm³/mol. The molecular weight excluding hydrogens is 378 g/mol. The first-order valence-corrected chi connectivity index (χ1v) is 6.52. The molecule has 1 aromatic heterocycles. The van der Waals surface area contributed by atoms with E-state index in [0.29, 0.717) is 5.46 Å². The molecule has 0 saturated carbocycles. The Labute approximate surface area is 107 Å². The van der Waals surface area contributed by atoms with E-state index >= 15 is 0 Å². The molecule has 0 aliphatic heterocycles. The van der Waals surface area contributed by atoms with Crippen molar-refractivity contribution in [1.82, 2.24) is 0 Å². The summed E-state index contributed by atoms with van der Waals surface area (Å²) in [4.78, 5) is 0. The molecule has 72 valence electrons. The molecule has 0 saturated heterocycles. The fourth-order valence-corrected chi connectivity index (χ4v) is 3.89. The summed E-state index contributed by atoms with van der Waals surface area (Å²) < 4.78 is 3.01. The fraction of sp³-hybridized carbons (Fsp3) is 0. The Morgan fingerprint density at radius 3 is 2.71 bits per heavy atom. The second-order valence-corrected chi connectivity index (χ2v) is 6.55. The van der Waals surface area contributed by atoms with Gasteiger partial charge in [-0.3, -0.25) is 0 Å². The Hall–Kier alpha value is 0.375. The van der Waals surface area contributed by atoms with Gasteiger partial charge in [0.1, 0.15) is 0 Å². The zero-order chi connectivity index (χ0) is 10.3. The number of hydrogen-bond donors (Lipinski definition) is 2. The van der Waals surface area contributed by atoms with Crippen LogP contribution in [-0.4, -0.2) is 17.2 Å². The van der Waals surface area contributed by atoms with Crippen LogP contribution in [0.25, 0.3) is 10.1 Å². The van der Waals surface area contributed by atoms with E-state index in [1.807, 2.05) is 6.07 Å². The lowest BCUT2D eigenvalue weighted by atomic mass is 9.80. The van der Waals surface area contributed by atoms with E-state index in [9.17, 15) is 0 Å². The van der Waals surface area contributed by atoms with E-state index in [2.05, 4.69) is 44.6 Å². The van der Waals surface area contributed by atoms with Gasteiger partial charge < -0.3 is 10.0 Å². The maximum absolute atomic E-state index is 9.10. The van der Waals surface area contributed by atoms with Crippen LogP contribution in [0, 0.1) is 2.88 Å². The number of halogens is 2. The van der Waals surface area contributed by atoms with Crippen LogP contribution in [0.2, 0.25) is 0 Å². The zero-order valence-corrected chi connectivity index (χ0v) is 11.4. The van der Waals surface area contributed by atoms with Crippen LogP contribution in [0.15, 0.2) is 22.7 Å². The Balaban J connectivity index is 2.74. The average molecular weight is 383 g/mol. The van der Waals surface area contributed by atoms with Gasteiger partial charge in [0.2, 0.25) is 0 Å². The average Bonchev–Trinajstić information content (AvgIpc) is 2.46. The quantitative estimate of drug-likeness (QED) is 0.584. The maximum Gasteiger partial charge on any atom is 0.489 e. The summed E-state index contributed by atoms with van der Waals surface area (Å²) in [6, 6.07) is 5.69. The van der Waals surface area contributed by atoms with Crippen LogP contribution < -0.4 is 5.46 Å². The van der Waals surface area contributed by atoms with Gasteiger partial charge in [0.25, 0.3) is 0 Å². The summed E-state index contributed by atoms with van der Waals surface area (Å²) in [5.74, 6) is 0. The van der Waals surface area contributed by atoms with Crippen LogP contribution >= 0.6 is 49.9 Å². The highest BCUT2D eigenvalue weighted by molar-refractivity contribution is 14.1. The molecule has 2 rings (SSSR count). The van der Waals surface area contributed by atoms with Gasteiger partial charge in [-0.2, -0.15) is 0 Å². The van der Waals surface area contributed by atoms with Gasteiger partial charge in [-0.1, -0.05) is 12.1 Å². The van der Waals surface area contributed by atoms with Crippen molar-refractivity contribution in [1.29, 1.82) is 0 Å². The van der Waals surface area contributed by atoms with Gasteiger partial charge in [-0.15, -0.1) is 11.3 Å². The second kappa shape index (κ2) is 4.09. The van der Waals surface area contributed by atoms with Gasteiger partial charge >= 0.3 is 7.12 Å². The van der Waals surface area contributed by atoms with E-state index in [0.717, 1.165) is 14.6 Å². The van der Waals surface area contributed by atoms with E-state index in [4.69, 9.17) is 10.0 Å². The number of hydrogen-bond acceptors (Lipinski definition) is 3. The highest BCUT2D eigenvalue weighted by Gasteiger charge is 2.17. The van der Waals surface area contributed by atoms with Crippen LogP contribution in [0.1, 0.15) is 0 Å². The van der Waals surface area contributed by atoms with Crippen molar-refractivity contribution >= 4 is 72.5 Å². The lowest BCUT2D eigenvalue weighted by Crippen LogP contribution is -2.30. The Kier molecular flexibility index (Phi) is 3.18. The van der Waals surface area contributed by atoms with Gasteiger partial charge in [0.05, 0.1) is 2.88 Å². The molecule has 0 aliphatic rings. The number of fused-ring (bicyclic) bond motifs is 1. The van der Waals surface area contributed by atoms with E-state index < -0.39 is 7.12 Å². The molecule has 2 nitrogen and oxygen atoms in total. The molecule has 0 unspecified atom stereocenters. The van der Waals surface area contributed by atoms with Crippen molar-refractivity contribution in [3.63, 3.8) is 0 Å². The van der Waals surface area contributed by atoms with Crippen molar-refractivity contribution in [3.05, 3.63) is 25.6 Å². The lowest BCUT2D eigenvalue weighted by Gasteiger charge is -2.03. The summed E-state index contributed by atoms with van der Waals surface area (Å²) in [7, 11) is -1.42. The largest absolute Gasteiger partial charge is 0.489 e. The molecule has 0 fully saturated rings. The molecule has 0 spiro atoms. The van der Waals surface area contributed by atoms with Crippen molar-refractivity contribution in [2.75, 3.05) is 0 Å². The van der Waals surface area contributed by atoms with Gasteiger partial charge in [0.15, 0.2) is 0 Å². The Morgan fingerprint density at radius 2 is 2.07 bits per heavy atom. The summed E-state index contributed by atoms with van der Waals surface area (Å²) in [6.45, 7) is 0. The zero-order valence-electron chi connectivity index (χ0n) is 6.87. The fourth-order valence-electron chi connectivity index (χ4n) is 1.25. The summed E-state index contributed by atoms with van der Waals surface area (Å²) in [6.07, 6.45) is 0. The minimum atomic E-state index is -1.42. The third kappa shape index (κ3) is 1.86. The van der Waals surface area contributed by atoms with Crippen molar-refractivity contribution < 1.29 is 10.0 Å². The summed E-state index contributed by atoms with van der Waals surface area (Å²) in [5, 5.41) is 19.3. The van der Waals surface area contributed by atoms with E-state index in [1.54, 1.807) is 17.4 Å². The SMILES string of the molecule is OB(O)c1ccc2cc(I)sc2c1Br. The second-order valence-electron chi connectivity index (χ2n) is 2.81. The van der Waals surface area contributed by atoms with Crippen LogP contribution in [-0.2, 0) is 0 Å². The first-order chi connectivity index (χ1) is 6.59. The number of benzene rings is 1. The van der Waals surface area contributed by atoms with Crippen molar-refractivity contribution in [3.8, 4) is 0 Å². The Morgan fingerprint density at radius 1 is 1.36 bits per heavy atom. The van der Waals surface area contributed by atoms with Gasteiger partial charge in [0, 0.05) is 9.17 Å². The summed E-state index contributed by atoms with van der Waals surface area (Å²) >= 11 is 7.26. The molecule has 1 aromatic carbocycles. The topological polar surface area (TPSA) is 40.5 Å². The van der Waals surface area contributed by atoms with E-state index in [1.165, 1.54) is 2.88 Å². The normalized spacial score (nSPS) is 10.9. The smallest absolute Gasteiger partial charge is 0.423 e. The molecule has 2 N–H and O–H groups in total. The van der Waals surface area contributed by atoms with Crippen molar-refractivity contribution in [2.24, 2.45) is 0 Å². The van der Waals surface area contributed by atoms with Crippen LogP contribution in [0.4, 0.5) is 0 Å². The molecule has 1 heterocycles. The molecule has 2 aromatic rings. The number of rotatable bonds is 1. The minimum absolute atomic E-state index is 0.510. The summed E-state index contributed by atoms with van der Waals surface area (Å²) in [5.41, 5.74) is 0.510. The Bertz CT molecular complexity index is 485.